The van der Waals surface area contributed by atoms with Crippen molar-refractivity contribution in [3.8, 4) is 0 Å². The Kier molecular flexibility index (Phi) is 4.01. The van der Waals surface area contributed by atoms with E-state index in [0.717, 1.165) is 6.21 Å². The Balaban J connectivity index is 3.03. The summed E-state index contributed by atoms with van der Waals surface area (Å²) in [5, 5.41) is 4.02. The van der Waals surface area contributed by atoms with Crippen LogP contribution in [0.25, 0.3) is 0 Å². The SMILES string of the molecule is CN=[N+]=CC(=O)c1ccc(Cl)c(Br)c1. The van der Waals surface area contributed by atoms with Gasteiger partial charge >= 0.3 is 6.21 Å². The highest BCUT2D eigenvalue weighted by molar-refractivity contribution is 9.10. The fraction of sp³-hybridized carbons (Fsp3) is 0.111. The van der Waals surface area contributed by atoms with E-state index in [1.54, 1.807) is 18.2 Å². The lowest BCUT2D eigenvalue weighted by molar-refractivity contribution is -0.0768. The summed E-state index contributed by atoms with van der Waals surface area (Å²) in [5.74, 6) is -0.201. The van der Waals surface area contributed by atoms with Gasteiger partial charge in [-0.25, -0.2) is 0 Å². The fourth-order valence-electron chi connectivity index (χ4n) is 0.834. The lowest BCUT2D eigenvalue weighted by atomic mass is 10.1. The van der Waals surface area contributed by atoms with Crippen molar-refractivity contribution in [2.45, 2.75) is 0 Å². The summed E-state index contributed by atoms with van der Waals surface area (Å²) in [6.45, 7) is 0. The summed E-state index contributed by atoms with van der Waals surface area (Å²) in [4.78, 5) is 14.9. The van der Waals surface area contributed by atoms with Gasteiger partial charge < -0.3 is 0 Å². The smallest absolute Gasteiger partial charge is 0.281 e. The normalized spacial score (nSPS) is 9.07. The Morgan fingerprint density at radius 3 is 2.93 bits per heavy atom. The number of benzene rings is 1. The van der Waals surface area contributed by atoms with Gasteiger partial charge in [-0.2, -0.15) is 0 Å². The first kappa shape index (κ1) is 11.1. The number of carbonyl (C=O) groups excluding carboxylic acids is 1. The molecule has 0 unspecified atom stereocenters. The Morgan fingerprint density at radius 1 is 1.64 bits per heavy atom. The Bertz CT molecular complexity index is 425. The van der Waals surface area contributed by atoms with Gasteiger partial charge in [0.25, 0.3) is 5.78 Å². The third kappa shape index (κ3) is 2.77. The summed E-state index contributed by atoms with van der Waals surface area (Å²) < 4.78 is 0.687. The van der Waals surface area contributed by atoms with E-state index in [0.29, 0.717) is 15.1 Å². The number of hydrogen-bond donors (Lipinski definition) is 0. The number of rotatable bonds is 2. The zero-order valence-corrected chi connectivity index (χ0v) is 9.71. The van der Waals surface area contributed by atoms with Crippen molar-refractivity contribution in [3.63, 3.8) is 0 Å². The molecule has 0 N–H and O–H groups in total. The highest BCUT2D eigenvalue weighted by atomic mass is 79.9. The van der Waals surface area contributed by atoms with Crippen LogP contribution in [0.4, 0.5) is 0 Å². The molecule has 0 aromatic heterocycles. The minimum Gasteiger partial charge on any atom is -0.281 e. The van der Waals surface area contributed by atoms with Crippen molar-refractivity contribution in [1.82, 2.24) is 0 Å². The lowest BCUT2D eigenvalue weighted by Crippen LogP contribution is -2.00. The maximum atomic E-state index is 11.4. The van der Waals surface area contributed by atoms with Gasteiger partial charge in [0, 0.05) is 10.0 Å². The van der Waals surface area contributed by atoms with E-state index in [4.69, 9.17) is 11.6 Å². The zero-order chi connectivity index (χ0) is 10.6. The van der Waals surface area contributed by atoms with E-state index < -0.39 is 0 Å². The summed E-state index contributed by atoms with van der Waals surface area (Å²) in [7, 11) is 1.50. The molecule has 1 rings (SSSR count). The fourth-order valence-corrected chi connectivity index (χ4v) is 1.33. The highest BCUT2D eigenvalue weighted by Gasteiger charge is 2.09. The predicted molar refractivity (Wildman–Crippen MR) is 58.2 cm³/mol. The van der Waals surface area contributed by atoms with Crippen LogP contribution in [0, 0.1) is 0 Å². The first-order valence-corrected chi connectivity index (χ1v) is 4.94. The molecule has 0 saturated heterocycles. The number of nitrogens with zero attached hydrogens (tertiary/aromatic N) is 2. The molecule has 72 valence electrons. The van der Waals surface area contributed by atoms with E-state index in [-0.39, 0.29) is 5.78 Å². The van der Waals surface area contributed by atoms with E-state index in [1.807, 2.05) is 0 Å². The predicted octanol–water partition coefficient (Wildman–Crippen LogP) is 2.65. The molecule has 3 nitrogen and oxygen atoms in total. The molecule has 0 spiro atoms. The molecular formula is C9H7BrClN2O+. The van der Waals surface area contributed by atoms with Gasteiger partial charge in [-0.1, -0.05) is 11.6 Å². The summed E-state index contributed by atoms with van der Waals surface area (Å²) in [6, 6.07) is 4.93. The van der Waals surface area contributed by atoms with Crippen LogP contribution in [0.1, 0.15) is 10.4 Å². The number of hydrogen-bond acceptors (Lipinski definition) is 2. The zero-order valence-electron chi connectivity index (χ0n) is 7.37. The van der Waals surface area contributed by atoms with E-state index in [9.17, 15) is 4.79 Å². The molecule has 0 saturated carbocycles. The molecule has 0 bridgehead atoms. The summed E-state index contributed by atoms with van der Waals surface area (Å²) in [5.41, 5.74) is 0.522. The molecular weight excluding hydrogens is 267 g/mol. The van der Waals surface area contributed by atoms with E-state index >= 15 is 0 Å². The topological polar surface area (TPSA) is 43.5 Å². The van der Waals surface area contributed by atoms with Crippen molar-refractivity contribution in [2.24, 2.45) is 5.11 Å². The minimum absolute atomic E-state index is 0.201. The first-order chi connectivity index (χ1) is 6.65. The molecule has 0 aliphatic carbocycles. The molecule has 0 fully saturated rings. The molecule has 0 atom stereocenters. The van der Waals surface area contributed by atoms with Crippen LogP contribution in [-0.2, 0) is 0 Å². The van der Waals surface area contributed by atoms with E-state index in [1.165, 1.54) is 7.05 Å². The van der Waals surface area contributed by atoms with Crippen LogP contribution in [0.2, 0.25) is 5.02 Å². The molecule has 5 heteroatoms. The molecule has 0 aliphatic heterocycles. The average Bonchev–Trinajstić information content (AvgIpc) is 2.18. The van der Waals surface area contributed by atoms with Gasteiger partial charge in [-0.05, 0) is 34.1 Å². The maximum Gasteiger partial charge on any atom is 0.377 e. The van der Waals surface area contributed by atoms with Crippen LogP contribution in [0.5, 0.6) is 0 Å². The summed E-state index contributed by atoms with van der Waals surface area (Å²) >= 11 is 9.01. The quantitative estimate of drug-likeness (QED) is 0.354. The number of carbonyl (C=O) groups is 1. The number of ketones is 1. The number of Topliss-reactive ketones (excluding diaryl/α,β-unsaturated/α-hetero) is 1. The molecule has 0 amide bonds. The van der Waals surface area contributed by atoms with Crippen LogP contribution >= 0.6 is 27.5 Å². The Morgan fingerprint density at radius 2 is 2.36 bits per heavy atom. The molecule has 0 radical (unpaired) electrons. The average molecular weight is 275 g/mol. The maximum absolute atomic E-state index is 11.4. The second-order valence-corrected chi connectivity index (χ2v) is 3.70. The Hall–Kier alpha value is -0.960. The van der Waals surface area contributed by atoms with Gasteiger partial charge in [-0.3, -0.25) is 4.79 Å². The van der Waals surface area contributed by atoms with Gasteiger partial charge in [0.05, 0.1) is 14.9 Å². The summed E-state index contributed by atoms with van der Waals surface area (Å²) in [6.07, 6.45) is 1.16. The van der Waals surface area contributed by atoms with Gasteiger partial charge in [0.15, 0.2) is 0 Å². The molecule has 14 heavy (non-hydrogen) atoms. The highest BCUT2D eigenvalue weighted by Crippen LogP contribution is 2.23. The van der Waals surface area contributed by atoms with Gasteiger partial charge in [0.1, 0.15) is 7.05 Å². The van der Waals surface area contributed by atoms with Crippen molar-refractivity contribution in [2.75, 3.05) is 7.05 Å². The largest absolute Gasteiger partial charge is 0.377 e. The van der Waals surface area contributed by atoms with Crippen LogP contribution in [-0.4, -0.2) is 23.8 Å². The van der Waals surface area contributed by atoms with Crippen molar-refractivity contribution < 1.29 is 9.58 Å². The molecule has 0 aliphatic rings. The monoisotopic (exact) mass is 273 g/mol. The first-order valence-electron chi connectivity index (χ1n) is 3.76. The molecule has 1 aromatic rings. The lowest BCUT2D eigenvalue weighted by Gasteiger charge is -1.96. The van der Waals surface area contributed by atoms with Crippen molar-refractivity contribution >= 4 is 39.5 Å². The Labute approximate surface area is 94.7 Å². The number of halogens is 2. The molecule has 1 aromatic carbocycles. The second kappa shape index (κ2) is 5.05. The van der Waals surface area contributed by atoms with Gasteiger partial charge in [0.2, 0.25) is 0 Å². The van der Waals surface area contributed by atoms with Crippen LogP contribution in [0.3, 0.4) is 0 Å². The third-order valence-electron chi connectivity index (χ3n) is 1.49. The second-order valence-electron chi connectivity index (χ2n) is 2.44. The standard InChI is InChI=1S/C9H7BrClN2O/c1-12-13-5-9(14)6-2-3-8(11)7(10)4-6/h2-5H,1H3/q+1. The van der Waals surface area contributed by atoms with Gasteiger partial charge in [-0.15, -0.1) is 0 Å². The van der Waals surface area contributed by atoms with Crippen molar-refractivity contribution in [3.05, 3.63) is 33.3 Å². The third-order valence-corrected chi connectivity index (χ3v) is 2.71. The van der Waals surface area contributed by atoms with Crippen molar-refractivity contribution in [1.29, 1.82) is 0 Å². The van der Waals surface area contributed by atoms with E-state index in [2.05, 4.69) is 25.8 Å². The van der Waals surface area contributed by atoms with Crippen LogP contribution in [0.15, 0.2) is 27.8 Å². The van der Waals surface area contributed by atoms with Crippen LogP contribution < -0.4 is 0 Å². The molecule has 0 heterocycles. The minimum atomic E-state index is -0.201.